The van der Waals surface area contributed by atoms with Crippen LogP contribution in [0.25, 0.3) is 11.1 Å². The molecule has 5 rings (SSSR count). The minimum Gasteiger partial charge on any atom is -0.322 e. The lowest BCUT2D eigenvalue weighted by Crippen LogP contribution is -2.20. The summed E-state index contributed by atoms with van der Waals surface area (Å²) in [7, 11) is 0. The molecule has 0 radical (unpaired) electrons. The second-order valence-corrected chi connectivity index (χ2v) is 8.86. The smallest absolute Gasteiger partial charge is 0.274 e. The van der Waals surface area contributed by atoms with Crippen molar-refractivity contribution in [2.24, 2.45) is 0 Å². The summed E-state index contributed by atoms with van der Waals surface area (Å²) in [6.45, 7) is 3.71. The minimum atomic E-state index is -0.363. The van der Waals surface area contributed by atoms with E-state index in [1.165, 1.54) is 23.4 Å². The normalized spacial score (nSPS) is 15.4. The maximum Gasteiger partial charge on any atom is 0.274 e. The number of rotatable bonds is 6. The molecule has 2 aromatic carbocycles. The van der Waals surface area contributed by atoms with Crippen molar-refractivity contribution in [3.05, 3.63) is 101 Å². The molecule has 0 saturated carbocycles. The van der Waals surface area contributed by atoms with Crippen LogP contribution in [0.2, 0.25) is 0 Å². The third-order valence-corrected chi connectivity index (χ3v) is 6.41. The summed E-state index contributed by atoms with van der Waals surface area (Å²) >= 11 is 0. The van der Waals surface area contributed by atoms with Gasteiger partial charge in [-0.05, 0) is 84.6 Å². The fraction of sp³-hybridized carbons (Fsp3) is 0.207. The Hall–Kier alpha value is -4.07. The van der Waals surface area contributed by atoms with Crippen LogP contribution in [0.4, 0.5) is 11.4 Å². The fourth-order valence-corrected chi connectivity index (χ4v) is 4.40. The van der Waals surface area contributed by atoms with E-state index in [2.05, 4.69) is 38.4 Å². The van der Waals surface area contributed by atoms with Gasteiger partial charge in [-0.2, -0.15) is 0 Å². The molecular weight excluding hydrogens is 450 g/mol. The van der Waals surface area contributed by atoms with Crippen LogP contribution in [0.15, 0.2) is 79.0 Å². The quantitative estimate of drug-likeness (QED) is 0.422. The summed E-state index contributed by atoms with van der Waals surface area (Å²) in [4.78, 5) is 29.8. The Morgan fingerprint density at radius 2 is 1.22 bits per heavy atom. The molecule has 0 atom stereocenters. The largest absolute Gasteiger partial charge is 0.322 e. The molecule has 0 saturated heterocycles. The van der Waals surface area contributed by atoms with Gasteiger partial charge in [-0.25, -0.2) is 0 Å². The lowest BCUT2D eigenvalue weighted by molar-refractivity contribution is 0.102. The van der Waals surface area contributed by atoms with Crippen molar-refractivity contribution < 1.29 is 9.59 Å². The van der Waals surface area contributed by atoms with Crippen molar-refractivity contribution in [1.82, 2.24) is 15.6 Å². The first-order valence-electron chi connectivity index (χ1n) is 12.2. The standard InChI is InChI=1S/C29H29N5O2/c35-28(33-25-5-1-20(2-6-25)22-9-14-30-15-10-22)24-13-18-32-27(19-24)29(36)34-26-7-3-21(4-8-26)23-11-16-31-17-12-23/h1-9,11,13,18-19,30-31H,10,12,14-17H2,(H,33,35)(H,34,36). The SMILES string of the molecule is O=C(Nc1ccc(C2=CCNCC2)cc1)c1ccnc(C(=O)Nc2ccc(C3=CCNCC3)cc2)c1. The highest BCUT2D eigenvalue weighted by atomic mass is 16.2. The first-order chi connectivity index (χ1) is 17.7. The van der Waals surface area contributed by atoms with Gasteiger partial charge in [0.1, 0.15) is 5.69 Å². The van der Waals surface area contributed by atoms with E-state index in [-0.39, 0.29) is 17.5 Å². The molecule has 36 heavy (non-hydrogen) atoms. The van der Waals surface area contributed by atoms with E-state index >= 15 is 0 Å². The molecule has 4 N–H and O–H groups in total. The topological polar surface area (TPSA) is 95.2 Å². The number of benzene rings is 2. The molecule has 7 heteroatoms. The van der Waals surface area contributed by atoms with E-state index in [1.54, 1.807) is 6.07 Å². The second-order valence-electron chi connectivity index (χ2n) is 8.86. The molecule has 3 aromatic rings. The van der Waals surface area contributed by atoms with Crippen molar-refractivity contribution in [3.8, 4) is 0 Å². The molecule has 2 aliphatic heterocycles. The molecule has 0 fully saturated rings. The minimum absolute atomic E-state index is 0.181. The predicted octanol–water partition coefficient (Wildman–Crippen LogP) is 4.34. The monoisotopic (exact) mass is 479 g/mol. The molecule has 0 spiro atoms. The van der Waals surface area contributed by atoms with Crippen LogP contribution in [0.1, 0.15) is 44.8 Å². The van der Waals surface area contributed by atoms with E-state index in [0.29, 0.717) is 16.9 Å². The van der Waals surface area contributed by atoms with Crippen LogP contribution in [0.3, 0.4) is 0 Å². The second kappa shape index (κ2) is 11.1. The van der Waals surface area contributed by atoms with Gasteiger partial charge in [0.15, 0.2) is 0 Å². The van der Waals surface area contributed by atoms with Gasteiger partial charge in [-0.3, -0.25) is 14.6 Å². The van der Waals surface area contributed by atoms with Crippen molar-refractivity contribution in [1.29, 1.82) is 0 Å². The third kappa shape index (κ3) is 5.76. The molecule has 1 aromatic heterocycles. The molecule has 7 nitrogen and oxygen atoms in total. The number of carbonyl (C=O) groups is 2. The Morgan fingerprint density at radius 1 is 0.694 bits per heavy atom. The number of hydrogen-bond donors (Lipinski definition) is 4. The Labute approximate surface area is 210 Å². The Morgan fingerprint density at radius 3 is 1.72 bits per heavy atom. The van der Waals surface area contributed by atoms with E-state index in [4.69, 9.17) is 0 Å². The van der Waals surface area contributed by atoms with E-state index in [1.807, 2.05) is 48.5 Å². The van der Waals surface area contributed by atoms with Gasteiger partial charge in [-0.1, -0.05) is 36.4 Å². The van der Waals surface area contributed by atoms with Crippen LogP contribution >= 0.6 is 0 Å². The van der Waals surface area contributed by atoms with Crippen LogP contribution < -0.4 is 21.3 Å². The van der Waals surface area contributed by atoms with Gasteiger partial charge in [-0.15, -0.1) is 0 Å². The number of nitrogens with one attached hydrogen (secondary N) is 4. The molecule has 0 unspecified atom stereocenters. The highest BCUT2D eigenvalue weighted by Crippen LogP contribution is 2.23. The summed E-state index contributed by atoms with van der Waals surface area (Å²) in [5.41, 5.74) is 6.88. The van der Waals surface area contributed by atoms with Crippen molar-refractivity contribution in [2.45, 2.75) is 12.8 Å². The van der Waals surface area contributed by atoms with Gasteiger partial charge < -0.3 is 21.3 Å². The summed E-state index contributed by atoms with van der Waals surface area (Å²) in [6, 6.07) is 18.7. The predicted molar refractivity (Wildman–Crippen MR) is 144 cm³/mol. The Bertz CT molecular complexity index is 1210. The molecule has 0 bridgehead atoms. The summed E-state index contributed by atoms with van der Waals surface area (Å²) in [5, 5.41) is 12.4. The maximum absolute atomic E-state index is 12.8. The number of pyridine rings is 1. The molecule has 182 valence electrons. The number of amides is 2. The van der Waals surface area contributed by atoms with Gasteiger partial charge in [0.25, 0.3) is 11.8 Å². The molecule has 2 amide bonds. The van der Waals surface area contributed by atoms with Crippen LogP contribution in [0, 0.1) is 0 Å². The highest BCUT2D eigenvalue weighted by molar-refractivity contribution is 6.07. The van der Waals surface area contributed by atoms with E-state index in [9.17, 15) is 9.59 Å². The fourth-order valence-electron chi connectivity index (χ4n) is 4.40. The summed E-state index contributed by atoms with van der Waals surface area (Å²) in [6.07, 6.45) is 7.85. The lowest BCUT2D eigenvalue weighted by Gasteiger charge is -2.15. The zero-order chi connectivity index (χ0) is 24.7. The van der Waals surface area contributed by atoms with Crippen LogP contribution in [-0.2, 0) is 0 Å². The van der Waals surface area contributed by atoms with Crippen LogP contribution in [0.5, 0.6) is 0 Å². The zero-order valence-corrected chi connectivity index (χ0v) is 20.0. The van der Waals surface area contributed by atoms with Gasteiger partial charge in [0, 0.05) is 36.2 Å². The molecule has 0 aliphatic carbocycles. The van der Waals surface area contributed by atoms with Crippen molar-refractivity contribution in [3.63, 3.8) is 0 Å². The van der Waals surface area contributed by atoms with Crippen LogP contribution in [-0.4, -0.2) is 43.0 Å². The highest BCUT2D eigenvalue weighted by Gasteiger charge is 2.14. The van der Waals surface area contributed by atoms with E-state index < -0.39 is 0 Å². The molecule has 3 heterocycles. The maximum atomic E-state index is 12.8. The number of anilines is 2. The van der Waals surface area contributed by atoms with Gasteiger partial charge in [0.2, 0.25) is 0 Å². The summed E-state index contributed by atoms with van der Waals surface area (Å²) in [5.74, 6) is -0.655. The average Bonchev–Trinajstić information content (AvgIpc) is 2.95. The number of aromatic nitrogens is 1. The number of nitrogens with zero attached hydrogens (tertiary/aromatic N) is 1. The average molecular weight is 480 g/mol. The third-order valence-electron chi connectivity index (χ3n) is 6.41. The number of carbonyl (C=O) groups excluding carboxylic acids is 2. The summed E-state index contributed by atoms with van der Waals surface area (Å²) < 4.78 is 0. The number of hydrogen-bond acceptors (Lipinski definition) is 5. The first kappa shape index (κ1) is 23.7. The lowest BCUT2D eigenvalue weighted by atomic mass is 10.00. The Kier molecular flexibility index (Phi) is 7.30. The molecule has 2 aliphatic rings. The van der Waals surface area contributed by atoms with E-state index in [0.717, 1.165) is 50.1 Å². The molecular formula is C29H29N5O2. The van der Waals surface area contributed by atoms with Gasteiger partial charge in [0.05, 0.1) is 0 Å². The van der Waals surface area contributed by atoms with Crippen molar-refractivity contribution >= 4 is 34.3 Å². The zero-order valence-electron chi connectivity index (χ0n) is 20.0. The van der Waals surface area contributed by atoms with Gasteiger partial charge >= 0.3 is 0 Å². The van der Waals surface area contributed by atoms with Crippen molar-refractivity contribution in [2.75, 3.05) is 36.8 Å². The Balaban J connectivity index is 1.21. The first-order valence-corrected chi connectivity index (χ1v) is 12.2.